The fraction of sp³-hybridized carbons (Fsp3) is 0.143. The summed E-state index contributed by atoms with van der Waals surface area (Å²) in [7, 11) is 0. The molecule has 0 fully saturated rings. The summed E-state index contributed by atoms with van der Waals surface area (Å²) in [6, 6.07) is 11.3. The average Bonchev–Trinajstić information content (AvgIpc) is 3.58. The molecule has 3 aromatic heterocycles. The Morgan fingerprint density at radius 2 is 1.83 bits per heavy atom. The van der Waals surface area contributed by atoms with Crippen molar-refractivity contribution in [3.05, 3.63) is 86.9 Å². The first kappa shape index (κ1) is 23.6. The van der Waals surface area contributed by atoms with E-state index in [9.17, 15) is 24.9 Å². The molecule has 8 heteroatoms. The molecule has 0 spiro atoms. The van der Waals surface area contributed by atoms with Gasteiger partial charge in [-0.05, 0) is 37.5 Å². The number of aromatic amines is 2. The number of aryl methyl sites for hydroxylation is 1. The predicted octanol–water partition coefficient (Wildman–Crippen LogP) is 5.80. The van der Waals surface area contributed by atoms with Crippen LogP contribution in [0.25, 0.3) is 32.9 Å². The Hall–Kier alpha value is -4.14. The molecule has 0 aliphatic heterocycles. The first-order valence-electron chi connectivity index (χ1n) is 11.4. The number of aromatic carboxylic acids is 1. The van der Waals surface area contributed by atoms with Crippen LogP contribution in [0.5, 0.6) is 5.75 Å². The van der Waals surface area contributed by atoms with Crippen LogP contribution in [-0.4, -0.2) is 43.6 Å². The maximum atomic E-state index is 13.7. The van der Waals surface area contributed by atoms with Crippen LogP contribution < -0.4 is 0 Å². The quantitative estimate of drug-likeness (QED) is 0.143. The standard InChI is InChI=1S/C28H24N2O5S/c1-14(13-31)7-9-16-10-8-15(2)21-19(12-30-23(16)21)24(32)27-25(33)22(26(36-27)28(34)35)18-11-29-20-6-4-3-5-17(18)20/h3-8,10-12,29-31,33H,9,13H2,1-2H3,(H,34,35)/b14-7+. The summed E-state index contributed by atoms with van der Waals surface area (Å²) in [5, 5.41) is 31.9. The minimum atomic E-state index is -1.21. The third-order valence-electron chi connectivity index (χ3n) is 6.44. The number of aromatic nitrogens is 2. The van der Waals surface area contributed by atoms with Crippen LogP contribution in [0.3, 0.4) is 0 Å². The van der Waals surface area contributed by atoms with Gasteiger partial charge in [-0.25, -0.2) is 4.79 Å². The van der Waals surface area contributed by atoms with Crippen LogP contribution in [-0.2, 0) is 6.42 Å². The second-order valence-electron chi connectivity index (χ2n) is 8.77. The molecule has 0 saturated carbocycles. The Bertz CT molecular complexity index is 1690. The van der Waals surface area contributed by atoms with Crippen LogP contribution in [0, 0.1) is 6.92 Å². The number of nitrogens with one attached hydrogen (secondary N) is 2. The minimum Gasteiger partial charge on any atom is -0.506 e. The highest BCUT2D eigenvalue weighted by Gasteiger charge is 2.30. The molecule has 3 heterocycles. The molecule has 5 aromatic rings. The summed E-state index contributed by atoms with van der Waals surface area (Å²) >= 11 is 0.779. The Morgan fingerprint density at radius 3 is 2.58 bits per heavy atom. The SMILES string of the molecule is C/C(=C\Cc1ccc(C)c2c(C(=O)c3sc(C(=O)O)c(-c4c[nH]c5ccccc45)c3O)c[nH]c12)CO. The normalized spacial score (nSPS) is 12.0. The van der Waals surface area contributed by atoms with Gasteiger partial charge < -0.3 is 25.3 Å². The number of hydrogen-bond donors (Lipinski definition) is 5. The van der Waals surface area contributed by atoms with Gasteiger partial charge in [0.2, 0.25) is 5.78 Å². The van der Waals surface area contributed by atoms with E-state index in [1.54, 1.807) is 12.4 Å². The molecule has 5 N–H and O–H groups in total. The topological polar surface area (TPSA) is 126 Å². The van der Waals surface area contributed by atoms with Crippen LogP contribution in [0.2, 0.25) is 0 Å². The van der Waals surface area contributed by atoms with Crippen LogP contribution in [0.4, 0.5) is 0 Å². The molecule has 0 bridgehead atoms. The number of thiophene rings is 1. The Kier molecular flexibility index (Phi) is 5.99. The summed E-state index contributed by atoms with van der Waals surface area (Å²) in [6.07, 6.45) is 5.77. The lowest BCUT2D eigenvalue weighted by Crippen LogP contribution is -1.99. The summed E-state index contributed by atoms with van der Waals surface area (Å²) in [6.45, 7) is 3.73. The van der Waals surface area contributed by atoms with Crippen molar-refractivity contribution < 1.29 is 24.9 Å². The number of allylic oxidation sites excluding steroid dienone is 1. The number of rotatable bonds is 7. The van der Waals surface area contributed by atoms with E-state index in [4.69, 9.17) is 0 Å². The van der Waals surface area contributed by atoms with Crippen LogP contribution >= 0.6 is 11.3 Å². The molecule has 0 aliphatic carbocycles. The van der Waals surface area contributed by atoms with Gasteiger partial charge in [-0.2, -0.15) is 0 Å². The van der Waals surface area contributed by atoms with Crippen molar-refractivity contribution in [3.63, 3.8) is 0 Å². The molecule has 2 aromatic carbocycles. The number of aliphatic hydroxyl groups is 1. The molecule has 0 unspecified atom stereocenters. The zero-order chi connectivity index (χ0) is 25.6. The zero-order valence-corrected chi connectivity index (χ0v) is 20.5. The van der Waals surface area contributed by atoms with E-state index in [0.717, 1.165) is 49.8 Å². The van der Waals surface area contributed by atoms with Crippen LogP contribution in [0.15, 0.2) is 60.4 Å². The van der Waals surface area contributed by atoms with Crippen molar-refractivity contribution in [2.45, 2.75) is 20.3 Å². The first-order chi connectivity index (χ1) is 17.3. The van der Waals surface area contributed by atoms with Gasteiger partial charge >= 0.3 is 5.97 Å². The fourth-order valence-corrected chi connectivity index (χ4v) is 5.56. The van der Waals surface area contributed by atoms with Gasteiger partial charge in [-0.3, -0.25) is 4.79 Å². The number of aliphatic hydroxyl groups excluding tert-OH is 1. The van der Waals surface area contributed by atoms with Gasteiger partial charge in [-0.15, -0.1) is 11.3 Å². The number of carboxylic acid groups (broad SMARTS) is 1. The Morgan fingerprint density at radius 1 is 1.06 bits per heavy atom. The second-order valence-corrected chi connectivity index (χ2v) is 9.79. The monoisotopic (exact) mass is 500 g/mol. The number of hydrogen-bond acceptors (Lipinski definition) is 5. The van der Waals surface area contributed by atoms with Gasteiger partial charge in [-0.1, -0.05) is 42.0 Å². The molecule has 182 valence electrons. The highest BCUT2D eigenvalue weighted by atomic mass is 32.1. The van der Waals surface area contributed by atoms with E-state index in [0.29, 0.717) is 17.5 Å². The highest BCUT2D eigenvalue weighted by Crippen LogP contribution is 2.45. The van der Waals surface area contributed by atoms with Crippen LogP contribution in [0.1, 0.15) is 43.0 Å². The van der Waals surface area contributed by atoms with Gasteiger partial charge in [0.1, 0.15) is 15.5 Å². The molecule has 36 heavy (non-hydrogen) atoms. The number of carbonyl (C=O) groups is 2. The van der Waals surface area contributed by atoms with Gasteiger partial charge in [0.05, 0.1) is 12.2 Å². The van der Waals surface area contributed by atoms with Crippen molar-refractivity contribution >= 4 is 44.9 Å². The lowest BCUT2D eigenvalue weighted by molar-refractivity contribution is 0.0702. The largest absolute Gasteiger partial charge is 0.506 e. The van der Waals surface area contributed by atoms with Crippen molar-refractivity contribution in [1.82, 2.24) is 9.97 Å². The number of carboxylic acids is 1. The van der Waals surface area contributed by atoms with Crippen molar-refractivity contribution in [2.24, 2.45) is 0 Å². The van der Waals surface area contributed by atoms with Gasteiger partial charge in [0.25, 0.3) is 0 Å². The van der Waals surface area contributed by atoms with Crippen molar-refractivity contribution in [1.29, 1.82) is 0 Å². The number of ketones is 1. The molecule has 0 radical (unpaired) electrons. The number of para-hydroxylation sites is 1. The summed E-state index contributed by atoms with van der Waals surface area (Å²) in [5.74, 6) is -1.99. The van der Waals surface area contributed by atoms with Crippen molar-refractivity contribution in [3.8, 4) is 16.9 Å². The summed E-state index contributed by atoms with van der Waals surface area (Å²) in [4.78, 5) is 32.0. The zero-order valence-electron chi connectivity index (χ0n) is 19.7. The molecular formula is C28H24N2O5S. The molecule has 0 aliphatic rings. The Balaban J connectivity index is 1.65. The summed E-state index contributed by atoms with van der Waals surface area (Å²) < 4.78 is 0. The van der Waals surface area contributed by atoms with Crippen molar-refractivity contribution in [2.75, 3.05) is 6.61 Å². The number of fused-ring (bicyclic) bond motifs is 2. The van der Waals surface area contributed by atoms with E-state index in [-0.39, 0.29) is 27.7 Å². The second kappa shape index (κ2) is 9.14. The fourth-order valence-electron chi connectivity index (χ4n) is 4.55. The van der Waals surface area contributed by atoms with E-state index in [1.165, 1.54) is 0 Å². The predicted molar refractivity (Wildman–Crippen MR) is 141 cm³/mol. The molecular weight excluding hydrogens is 476 g/mol. The van der Waals surface area contributed by atoms with E-state index >= 15 is 0 Å². The van der Waals surface area contributed by atoms with E-state index in [1.807, 2.05) is 56.3 Å². The first-order valence-corrected chi connectivity index (χ1v) is 12.2. The Labute approximate surface area is 210 Å². The third kappa shape index (κ3) is 3.80. The van der Waals surface area contributed by atoms with E-state index < -0.39 is 11.8 Å². The third-order valence-corrected chi connectivity index (χ3v) is 7.60. The summed E-state index contributed by atoms with van der Waals surface area (Å²) in [5.41, 5.74) is 5.32. The van der Waals surface area contributed by atoms with Gasteiger partial charge in [0, 0.05) is 45.3 Å². The lowest BCUT2D eigenvalue weighted by atomic mass is 9.98. The maximum Gasteiger partial charge on any atom is 0.346 e. The maximum absolute atomic E-state index is 13.7. The molecule has 0 atom stereocenters. The molecule has 0 amide bonds. The number of aromatic hydroxyl groups is 1. The van der Waals surface area contributed by atoms with Gasteiger partial charge in [0.15, 0.2) is 0 Å². The minimum absolute atomic E-state index is 0.0191. The van der Waals surface area contributed by atoms with E-state index in [2.05, 4.69) is 9.97 Å². The number of carbonyl (C=O) groups excluding carboxylic acids is 1. The average molecular weight is 501 g/mol. The number of H-pyrrole nitrogens is 2. The number of benzene rings is 2. The lowest BCUT2D eigenvalue weighted by Gasteiger charge is -2.06. The molecule has 7 nitrogen and oxygen atoms in total. The highest BCUT2D eigenvalue weighted by molar-refractivity contribution is 7.17. The molecule has 5 rings (SSSR count). The molecule has 0 saturated heterocycles. The smallest absolute Gasteiger partial charge is 0.346 e.